The number of nitrogens with zero attached hydrogens (tertiary/aromatic N) is 3. The summed E-state index contributed by atoms with van der Waals surface area (Å²) in [5.74, 6) is -0.768. The number of amides is 3. The molecule has 3 heterocycles. The van der Waals surface area contributed by atoms with Crippen LogP contribution in [0.25, 0.3) is 10.9 Å². The summed E-state index contributed by atoms with van der Waals surface area (Å²) in [5, 5.41) is 3.88. The van der Waals surface area contributed by atoms with E-state index in [0.717, 1.165) is 16.5 Å². The Morgan fingerprint density at radius 3 is 2.48 bits per heavy atom. The Kier molecular flexibility index (Phi) is 4.13. The lowest BCUT2D eigenvalue weighted by Crippen LogP contribution is -2.50. The maximum absolute atomic E-state index is 13.5. The average Bonchev–Trinajstić information content (AvgIpc) is 3.35. The predicted molar refractivity (Wildman–Crippen MR) is 125 cm³/mol. The minimum atomic E-state index is -0.658. The van der Waals surface area contributed by atoms with Gasteiger partial charge < -0.3 is 14.8 Å². The third-order valence-corrected chi connectivity index (χ3v) is 6.40. The predicted octanol–water partition coefficient (Wildman–Crippen LogP) is 3.93. The van der Waals surface area contributed by atoms with E-state index < -0.39 is 6.17 Å². The summed E-state index contributed by atoms with van der Waals surface area (Å²) in [5.41, 5.74) is 3.93. The first-order valence-electron chi connectivity index (χ1n) is 10.7. The van der Waals surface area contributed by atoms with Crippen molar-refractivity contribution >= 4 is 40.0 Å². The number of carbonyl (C=O) groups excluding carboxylic acids is 3. The van der Waals surface area contributed by atoms with E-state index in [1.54, 1.807) is 35.2 Å². The quantitative estimate of drug-likeness (QED) is 0.529. The minimum Gasteiger partial charge on any atom is -0.350 e. The third kappa shape index (κ3) is 2.79. The second-order valence-corrected chi connectivity index (χ2v) is 8.30. The number of carbonyl (C=O) groups is 3. The molecule has 7 heteroatoms. The number of nitrogens with one attached hydrogen (secondary N) is 1. The molecule has 3 aromatic carbocycles. The van der Waals surface area contributed by atoms with E-state index in [2.05, 4.69) is 5.32 Å². The molecule has 0 aliphatic carbocycles. The second kappa shape index (κ2) is 7.06. The summed E-state index contributed by atoms with van der Waals surface area (Å²) in [4.78, 5) is 43.0. The number of rotatable bonds is 3. The zero-order valence-corrected chi connectivity index (χ0v) is 17.9. The van der Waals surface area contributed by atoms with Crippen molar-refractivity contribution < 1.29 is 14.4 Å². The van der Waals surface area contributed by atoms with Crippen molar-refractivity contribution in [1.29, 1.82) is 0 Å². The van der Waals surface area contributed by atoms with Gasteiger partial charge in [-0.15, -0.1) is 0 Å². The van der Waals surface area contributed by atoms with Crippen LogP contribution in [-0.2, 0) is 11.8 Å². The highest BCUT2D eigenvalue weighted by atomic mass is 16.2. The monoisotopic (exact) mass is 436 g/mol. The van der Waals surface area contributed by atoms with Gasteiger partial charge in [0.1, 0.15) is 12.7 Å². The molecule has 1 N–H and O–H groups in total. The van der Waals surface area contributed by atoms with Crippen molar-refractivity contribution in [3.8, 4) is 0 Å². The lowest BCUT2D eigenvalue weighted by molar-refractivity contribution is -0.117. The first-order valence-corrected chi connectivity index (χ1v) is 10.7. The van der Waals surface area contributed by atoms with Gasteiger partial charge >= 0.3 is 0 Å². The van der Waals surface area contributed by atoms with Gasteiger partial charge in [-0.3, -0.25) is 19.3 Å². The van der Waals surface area contributed by atoms with E-state index in [4.69, 9.17) is 0 Å². The van der Waals surface area contributed by atoms with Gasteiger partial charge in [-0.25, -0.2) is 0 Å². The fourth-order valence-corrected chi connectivity index (χ4v) is 4.89. The third-order valence-electron chi connectivity index (χ3n) is 6.40. The number of fused-ring (bicyclic) bond motifs is 6. The van der Waals surface area contributed by atoms with Crippen LogP contribution < -0.4 is 10.2 Å². The molecule has 1 aromatic heterocycles. The number of hydrogen-bond donors (Lipinski definition) is 1. The lowest BCUT2D eigenvalue weighted by Gasteiger charge is -2.40. The van der Waals surface area contributed by atoms with Crippen LogP contribution in [0.15, 0.2) is 79.0 Å². The molecule has 0 bridgehead atoms. The van der Waals surface area contributed by atoms with Crippen LogP contribution in [0.2, 0.25) is 0 Å². The fraction of sp³-hybridized carbons (Fsp3) is 0.115. The Hall–Kier alpha value is -4.39. The Balaban J connectivity index is 1.38. The van der Waals surface area contributed by atoms with Gasteiger partial charge in [0.25, 0.3) is 11.8 Å². The van der Waals surface area contributed by atoms with E-state index in [1.807, 2.05) is 60.3 Å². The highest BCUT2D eigenvalue weighted by molar-refractivity contribution is 6.17. The van der Waals surface area contributed by atoms with Crippen LogP contribution in [0.3, 0.4) is 0 Å². The molecule has 7 nitrogen and oxygen atoms in total. The zero-order valence-electron chi connectivity index (χ0n) is 17.9. The average molecular weight is 436 g/mol. The van der Waals surface area contributed by atoms with Crippen LogP contribution in [-0.4, -0.2) is 33.7 Å². The molecule has 1 atom stereocenters. The SMILES string of the molecule is Cn1ccc2c(NC(=O)CN3C(=O)c4ccccc4N4C(=O)c5ccccc5C34)cccc21. The second-order valence-electron chi connectivity index (χ2n) is 8.30. The number of hydrogen-bond acceptors (Lipinski definition) is 3. The number of aryl methyl sites for hydroxylation is 1. The minimum absolute atomic E-state index is 0.171. The van der Waals surface area contributed by atoms with Crippen LogP contribution in [0, 0.1) is 0 Å². The van der Waals surface area contributed by atoms with Crippen molar-refractivity contribution in [3.05, 3.63) is 95.7 Å². The zero-order chi connectivity index (χ0) is 22.7. The number of aromatic nitrogens is 1. The lowest BCUT2D eigenvalue weighted by atomic mass is 10.0. The summed E-state index contributed by atoms with van der Waals surface area (Å²) in [6.07, 6.45) is 1.28. The van der Waals surface area contributed by atoms with Crippen LogP contribution in [0.5, 0.6) is 0 Å². The first kappa shape index (κ1) is 19.3. The Morgan fingerprint density at radius 1 is 0.879 bits per heavy atom. The number of para-hydroxylation sites is 1. The van der Waals surface area contributed by atoms with Gasteiger partial charge in [0.2, 0.25) is 5.91 Å². The molecule has 2 aliphatic heterocycles. The summed E-state index contributed by atoms with van der Waals surface area (Å²) in [7, 11) is 1.95. The normalized spacial score (nSPS) is 16.6. The van der Waals surface area contributed by atoms with Crippen molar-refractivity contribution in [2.45, 2.75) is 6.17 Å². The number of benzene rings is 3. The molecule has 2 aliphatic rings. The molecular formula is C26H20N4O3. The van der Waals surface area contributed by atoms with Gasteiger partial charge in [0.05, 0.1) is 16.9 Å². The Labute approximate surface area is 189 Å². The molecule has 0 saturated heterocycles. The standard InChI is InChI=1S/C26H20N4O3/c1-28-14-13-18-20(10-6-12-21(18)28)27-23(31)15-29-24-16-7-2-3-8-17(16)26(33)30(24)22-11-5-4-9-19(22)25(29)32/h2-14,24H,15H2,1H3,(H,27,31). The van der Waals surface area contributed by atoms with Crippen molar-refractivity contribution in [3.63, 3.8) is 0 Å². The molecule has 0 spiro atoms. The van der Waals surface area contributed by atoms with Gasteiger partial charge in [0, 0.05) is 35.3 Å². The summed E-state index contributed by atoms with van der Waals surface area (Å²) >= 11 is 0. The topological polar surface area (TPSA) is 74.7 Å². The fourth-order valence-electron chi connectivity index (χ4n) is 4.89. The molecule has 33 heavy (non-hydrogen) atoms. The smallest absolute Gasteiger partial charge is 0.260 e. The van der Waals surface area contributed by atoms with Crippen molar-refractivity contribution in [1.82, 2.24) is 9.47 Å². The Bertz CT molecular complexity index is 1470. The largest absolute Gasteiger partial charge is 0.350 e. The summed E-state index contributed by atoms with van der Waals surface area (Å²) in [6.45, 7) is -0.181. The highest BCUT2D eigenvalue weighted by Crippen LogP contribution is 2.45. The van der Waals surface area contributed by atoms with Gasteiger partial charge in [-0.05, 0) is 36.4 Å². The van der Waals surface area contributed by atoms with Crippen LogP contribution >= 0.6 is 0 Å². The maximum atomic E-state index is 13.5. The summed E-state index contributed by atoms with van der Waals surface area (Å²) in [6, 6.07) is 21.9. The summed E-state index contributed by atoms with van der Waals surface area (Å²) < 4.78 is 1.98. The van der Waals surface area contributed by atoms with E-state index in [0.29, 0.717) is 22.5 Å². The molecule has 6 rings (SSSR count). The first-order chi connectivity index (χ1) is 16.0. The Morgan fingerprint density at radius 2 is 1.64 bits per heavy atom. The molecule has 1 unspecified atom stereocenters. The van der Waals surface area contributed by atoms with Crippen LogP contribution in [0.1, 0.15) is 32.4 Å². The van der Waals surface area contributed by atoms with Gasteiger partial charge in [-0.2, -0.15) is 0 Å². The van der Waals surface area contributed by atoms with E-state index in [1.165, 1.54) is 4.90 Å². The molecule has 0 radical (unpaired) electrons. The molecule has 4 aromatic rings. The van der Waals surface area contributed by atoms with Crippen molar-refractivity contribution in [2.75, 3.05) is 16.8 Å². The highest BCUT2D eigenvalue weighted by Gasteiger charge is 2.48. The molecule has 0 fully saturated rings. The molecule has 3 amide bonds. The maximum Gasteiger partial charge on any atom is 0.260 e. The molecular weight excluding hydrogens is 416 g/mol. The van der Waals surface area contributed by atoms with Gasteiger partial charge in [0.15, 0.2) is 0 Å². The van der Waals surface area contributed by atoms with Gasteiger partial charge in [-0.1, -0.05) is 36.4 Å². The molecule has 162 valence electrons. The van der Waals surface area contributed by atoms with E-state index >= 15 is 0 Å². The molecule has 0 saturated carbocycles. The van der Waals surface area contributed by atoms with Crippen LogP contribution in [0.4, 0.5) is 11.4 Å². The van der Waals surface area contributed by atoms with E-state index in [9.17, 15) is 14.4 Å². The number of anilines is 2. The van der Waals surface area contributed by atoms with Crippen molar-refractivity contribution in [2.24, 2.45) is 7.05 Å². The van der Waals surface area contributed by atoms with E-state index in [-0.39, 0.29) is 24.3 Å².